The summed E-state index contributed by atoms with van der Waals surface area (Å²) in [6, 6.07) is 10.1. The summed E-state index contributed by atoms with van der Waals surface area (Å²) in [6.45, 7) is 5.65. The summed E-state index contributed by atoms with van der Waals surface area (Å²) in [5.41, 5.74) is 4.23. The number of rotatable bonds is 5. The van der Waals surface area contributed by atoms with Crippen LogP contribution in [-0.4, -0.2) is 9.78 Å². The number of aryl methyl sites for hydroxylation is 2. The zero-order chi connectivity index (χ0) is 14.5. The van der Waals surface area contributed by atoms with E-state index < -0.39 is 0 Å². The minimum atomic E-state index is 0.452. The van der Waals surface area contributed by atoms with Gasteiger partial charge in [-0.25, -0.2) is 0 Å². The van der Waals surface area contributed by atoms with Gasteiger partial charge in [0, 0.05) is 12.2 Å². The Balaban J connectivity index is 2.07. The van der Waals surface area contributed by atoms with Crippen LogP contribution in [0.25, 0.3) is 0 Å². The lowest BCUT2D eigenvalue weighted by Crippen LogP contribution is -2.08. The predicted octanol–water partition coefficient (Wildman–Crippen LogP) is 3.65. The van der Waals surface area contributed by atoms with E-state index in [4.69, 9.17) is 5.26 Å². The smallest absolute Gasteiger partial charge is 0.0739 e. The molecule has 2 rings (SSSR count). The van der Waals surface area contributed by atoms with Gasteiger partial charge in [0.25, 0.3) is 0 Å². The van der Waals surface area contributed by atoms with E-state index in [0.717, 1.165) is 33.7 Å². The lowest BCUT2D eigenvalue weighted by atomic mass is 10.1. The summed E-state index contributed by atoms with van der Waals surface area (Å²) in [5, 5.41) is 16.5. The number of nitrogens with zero attached hydrogens (tertiary/aromatic N) is 3. The molecule has 0 spiro atoms. The molecule has 0 unspecified atom stereocenters. The third-order valence-electron chi connectivity index (χ3n) is 3.15. The monoisotopic (exact) mass is 332 g/mol. The quantitative estimate of drug-likeness (QED) is 0.909. The van der Waals surface area contributed by atoms with Crippen LogP contribution in [0.3, 0.4) is 0 Å². The summed E-state index contributed by atoms with van der Waals surface area (Å²) in [7, 11) is 0. The molecule has 0 saturated carbocycles. The molecule has 20 heavy (non-hydrogen) atoms. The number of halogens is 1. The second-order valence-electron chi connectivity index (χ2n) is 4.55. The molecular formula is C15H17BrN4. The van der Waals surface area contributed by atoms with Crippen molar-refractivity contribution in [2.75, 3.05) is 5.32 Å². The van der Waals surface area contributed by atoms with Crippen LogP contribution in [0, 0.1) is 18.3 Å². The summed E-state index contributed by atoms with van der Waals surface area (Å²) >= 11 is 3.59. The van der Waals surface area contributed by atoms with Gasteiger partial charge in [-0.2, -0.15) is 10.4 Å². The first kappa shape index (κ1) is 14.6. The van der Waals surface area contributed by atoms with E-state index in [1.54, 1.807) is 0 Å². The SMILES string of the molecule is CCn1nc(C)c(Br)c1CNc1ccc(CC#N)cc1. The number of anilines is 1. The number of aromatic nitrogens is 2. The second kappa shape index (κ2) is 6.58. The lowest BCUT2D eigenvalue weighted by molar-refractivity contribution is 0.622. The molecule has 0 bridgehead atoms. The maximum atomic E-state index is 8.65. The van der Waals surface area contributed by atoms with Gasteiger partial charge in [-0.3, -0.25) is 4.68 Å². The van der Waals surface area contributed by atoms with Crippen molar-refractivity contribution in [1.29, 1.82) is 5.26 Å². The Morgan fingerprint density at radius 2 is 2.05 bits per heavy atom. The van der Waals surface area contributed by atoms with E-state index >= 15 is 0 Å². The van der Waals surface area contributed by atoms with Gasteiger partial charge in [0.15, 0.2) is 0 Å². The van der Waals surface area contributed by atoms with Gasteiger partial charge in [-0.15, -0.1) is 0 Å². The Morgan fingerprint density at radius 3 is 2.65 bits per heavy atom. The summed E-state index contributed by atoms with van der Waals surface area (Å²) in [4.78, 5) is 0. The van der Waals surface area contributed by atoms with Crippen molar-refractivity contribution >= 4 is 21.6 Å². The molecule has 0 fully saturated rings. The molecule has 0 aliphatic carbocycles. The van der Waals surface area contributed by atoms with Crippen molar-refractivity contribution in [3.05, 3.63) is 45.7 Å². The van der Waals surface area contributed by atoms with E-state index in [1.165, 1.54) is 0 Å². The maximum Gasteiger partial charge on any atom is 0.0739 e. The molecule has 0 aliphatic heterocycles. The fraction of sp³-hybridized carbons (Fsp3) is 0.333. The van der Waals surface area contributed by atoms with Gasteiger partial charge in [0.2, 0.25) is 0 Å². The van der Waals surface area contributed by atoms with Crippen molar-refractivity contribution in [3.8, 4) is 6.07 Å². The van der Waals surface area contributed by atoms with E-state index in [-0.39, 0.29) is 0 Å². The predicted molar refractivity (Wildman–Crippen MR) is 83.4 cm³/mol. The molecule has 1 aromatic heterocycles. The van der Waals surface area contributed by atoms with Crippen LogP contribution in [0.15, 0.2) is 28.7 Å². The average molecular weight is 333 g/mol. The van der Waals surface area contributed by atoms with Gasteiger partial charge in [0.05, 0.1) is 34.9 Å². The molecule has 5 heteroatoms. The van der Waals surface area contributed by atoms with E-state index in [0.29, 0.717) is 13.0 Å². The van der Waals surface area contributed by atoms with Crippen LogP contribution >= 0.6 is 15.9 Å². The van der Waals surface area contributed by atoms with E-state index in [9.17, 15) is 0 Å². The third kappa shape index (κ3) is 3.20. The molecule has 0 radical (unpaired) electrons. The molecule has 1 aromatic carbocycles. The van der Waals surface area contributed by atoms with Crippen molar-refractivity contribution in [2.45, 2.75) is 33.4 Å². The molecule has 0 amide bonds. The highest BCUT2D eigenvalue weighted by molar-refractivity contribution is 9.10. The van der Waals surface area contributed by atoms with Crippen molar-refractivity contribution < 1.29 is 0 Å². The van der Waals surface area contributed by atoms with Gasteiger partial charge >= 0.3 is 0 Å². The summed E-state index contributed by atoms with van der Waals surface area (Å²) in [6.07, 6.45) is 0.452. The van der Waals surface area contributed by atoms with Crippen molar-refractivity contribution in [1.82, 2.24) is 9.78 Å². The number of hydrogen-bond donors (Lipinski definition) is 1. The first-order valence-electron chi connectivity index (χ1n) is 6.57. The molecule has 0 aliphatic rings. The second-order valence-corrected chi connectivity index (χ2v) is 5.34. The zero-order valence-corrected chi connectivity index (χ0v) is 13.2. The molecule has 1 heterocycles. The third-order valence-corrected chi connectivity index (χ3v) is 4.18. The maximum absolute atomic E-state index is 8.65. The van der Waals surface area contributed by atoms with E-state index in [2.05, 4.69) is 39.3 Å². The standard InChI is InChI=1S/C15H17BrN4/c1-3-20-14(15(16)11(2)19-20)10-18-13-6-4-12(5-7-13)8-9-17/h4-7,18H,3,8,10H2,1-2H3. The Morgan fingerprint density at radius 1 is 1.35 bits per heavy atom. The van der Waals surface area contributed by atoms with Gasteiger partial charge < -0.3 is 5.32 Å². The largest absolute Gasteiger partial charge is 0.379 e. The Kier molecular flexibility index (Phi) is 4.80. The normalized spacial score (nSPS) is 10.3. The van der Waals surface area contributed by atoms with Crippen LogP contribution in [-0.2, 0) is 19.5 Å². The highest BCUT2D eigenvalue weighted by Crippen LogP contribution is 2.22. The van der Waals surface area contributed by atoms with Crippen molar-refractivity contribution in [3.63, 3.8) is 0 Å². The molecule has 104 valence electrons. The number of nitriles is 1. The first-order valence-corrected chi connectivity index (χ1v) is 7.36. The Labute approximate surface area is 127 Å². The molecule has 4 nitrogen and oxygen atoms in total. The van der Waals surface area contributed by atoms with Crippen LogP contribution in [0.4, 0.5) is 5.69 Å². The van der Waals surface area contributed by atoms with E-state index in [1.807, 2.05) is 35.9 Å². The summed E-state index contributed by atoms with van der Waals surface area (Å²) < 4.78 is 3.06. The molecule has 0 saturated heterocycles. The molecule has 1 N–H and O–H groups in total. The minimum Gasteiger partial charge on any atom is -0.379 e. The lowest BCUT2D eigenvalue weighted by Gasteiger charge is -2.09. The minimum absolute atomic E-state index is 0.452. The van der Waals surface area contributed by atoms with Crippen LogP contribution in [0.1, 0.15) is 23.9 Å². The van der Waals surface area contributed by atoms with Gasteiger partial charge in [-0.1, -0.05) is 12.1 Å². The van der Waals surface area contributed by atoms with Crippen LogP contribution in [0.5, 0.6) is 0 Å². The number of nitrogens with one attached hydrogen (secondary N) is 1. The average Bonchev–Trinajstić information content (AvgIpc) is 2.74. The fourth-order valence-electron chi connectivity index (χ4n) is 2.06. The number of hydrogen-bond acceptors (Lipinski definition) is 3. The van der Waals surface area contributed by atoms with Crippen LogP contribution in [0.2, 0.25) is 0 Å². The van der Waals surface area contributed by atoms with Crippen molar-refractivity contribution in [2.24, 2.45) is 0 Å². The van der Waals surface area contributed by atoms with Gasteiger partial charge in [0.1, 0.15) is 0 Å². The topological polar surface area (TPSA) is 53.6 Å². The first-order chi connectivity index (χ1) is 9.65. The zero-order valence-electron chi connectivity index (χ0n) is 11.7. The Hall–Kier alpha value is -1.80. The number of benzene rings is 1. The Bertz CT molecular complexity index is 623. The summed E-state index contributed by atoms with van der Waals surface area (Å²) in [5.74, 6) is 0. The molecular weight excluding hydrogens is 316 g/mol. The van der Waals surface area contributed by atoms with Gasteiger partial charge in [-0.05, 0) is 47.5 Å². The highest BCUT2D eigenvalue weighted by atomic mass is 79.9. The fourth-order valence-corrected chi connectivity index (χ4v) is 2.48. The molecule has 2 aromatic rings. The van der Waals surface area contributed by atoms with Crippen LogP contribution < -0.4 is 5.32 Å². The molecule has 0 atom stereocenters. The highest BCUT2D eigenvalue weighted by Gasteiger charge is 2.11.